The van der Waals surface area contributed by atoms with Crippen LogP contribution in [0.3, 0.4) is 0 Å². The molecule has 0 atom stereocenters. The molecule has 0 unspecified atom stereocenters. The van der Waals surface area contributed by atoms with Crippen molar-refractivity contribution < 1.29 is 24.0 Å². The third-order valence-electron chi connectivity index (χ3n) is 3.12. The fraction of sp³-hybridized carbons (Fsp3) is 0.462. The lowest BCUT2D eigenvalue weighted by molar-refractivity contribution is -0.384. The van der Waals surface area contributed by atoms with E-state index < -0.39 is 28.0 Å². The van der Waals surface area contributed by atoms with E-state index in [1.165, 1.54) is 12.8 Å². The normalized spacial score (nSPS) is 14.0. The Kier molecular flexibility index (Phi) is 4.69. The molecule has 1 aliphatic carbocycles. The molecule has 1 fully saturated rings. The molecular weight excluding hydrogens is 283 g/mol. The van der Waals surface area contributed by atoms with Gasteiger partial charge in [0.05, 0.1) is 11.5 Å². The Bertz CT molecular complexity index is 560. The molecule has 1 aromatic carbocycles. The molecule has 0 radical (unpaired) electrons. The number of aromatic carboxylic acids is 1. The molecule has 0 bridgehead atoms. The Morgan fingerprint density at radius 1 is 1.52 bits per heavy atom. The molecule has 2 rings (SSSR count). The molecule has 0 spiro atoms. The minimum absolute atomic E-state index is 0.0579. The SMILES string of the molecule is O=C(O)c1cc([N+](=O)[O-])c(NCCOCC2CC2)cc1F. The monoisotopic (exact) mass is 298 g/mol. The maximum Gasteiger partial charge on any atom is 0.338 e. The number of nitrogens with one attached hydrogen (secondary N) is 1. The van der Waals surface area contributed by atoms with Crippen LogP contribution in [0.1, 0.15) is 23.2 Å². The highest BCUT2D eigenvalue weighted by Gasteiger charge is 2.22. The maximum atomic E-state index is 13.6. The number of carbonyl (C=O) groups is 1. The zero-order chi connectivity index (χ0) is 15.4. The molecule has 1 saturated carbocycles. The van der Waals surface area contributed by atoms with Crippen molar-refractivity contribution in [1.29, 1.82) is 0 Å². The first-order valence-electron chi connectivity index (χ1n) is 6.52. The Hall–Kier alpha value is -2.22. The van der Waals surface area contributed by atoms with E-state index >= 15 is 0 Å². The summed E-state index contributed by atoms with van der Waals surface area (Å²) in [6, 6.07) is 1.54. The molecule has 0 heterocycles. The van der Waals surface area contributed by atoms with Crippen molar-refractivity contribution in [3.8, 4) is 0 Å². The van der Waals surface area contributed by atoms with Gasteiger partial charge in [0.15, 0.2) is 0 Å². The lowest BCUT2D eigenvalue weighted by Crippen LogP contribution is -2.13. The summed E-state index contributed by atoms with van der Waals surface area (Å²) in [5.41, 5.74) is -1.26. The fourth-order valence-electron chi connectivity index (χ4n) is 1.81. The highest BCUT2D eigenvalue weighted by molar-refractivity contribution is 5.90. The molecule has 7 nitrogen and oxygen atoms in total. The Morgan fingerprint density at radius 3 is 2.81 bits per heavy atom. The number of anilines is 1. The zero-order valence-electron chi connectivity index (χ0n) is 11.2. The topological polar surface area (TPSA) is 102 Å². The minimum atomic E-state index is -1.55. The summed E-state index contributed by atoms with van der Waals surface area (Å²) in [7, 11) is 0. The zero-order valence-corrected chi connectivity index (χ0v) is 11.2. The van der Waals surface area contributed by atoms with Gasteiger partial charge in [-0.3, -0.25) is 10.1 Å². The van der Waals surface area contributed by atoms with E-state index in [2.05, 4.69) is 5.32 Å². The second-order valence-electron chi connectivity index (χ2n) is 4.86. The van der Waals surface area contributed by atoms with Gasteiger partial charge < -0.3 is 15.2 Å². The van der Waals surface area contributed by atoms with Gasteiger partial charge in [0.25, 0.3) is 5.69 Å². The number of rotatable bonds is 8. The molecule has 0 aromatic heterocycles. The lowest BCUT2D eigenvalue weighted by Gasteiger charge is -2.09. The third kappa shape index (κ3) is 4.12. The van der Waals surface area contributed by atoms with Crippen LogP contribution in [0.5, 0.6) is 0 Å². The quantitative estimate of drug-likeness (QED) is 0.433. The number of nitro benzene ring substituents is 1. The Balaban J connectivity index is 2.00. The van der Waals surface area contributed by atoms with Crippen LogP contribution in [0, 0.1) is 21.8 Å². The summed E-state index contributed by atoms with van der Waals surface area (Å²) < 4.78 is 18.9. The van der Waals surface area contributed by atoms with Crippen molar-refractivity contribution in [2.45, 2.75) is 12.8 Å². The van der Waals surface area contributed by atoms with E-state index in [0.29, 0.717) is 25.2 Å². The highest BCUT2D eigenvalue weighted by Crippen LogP contribution is 2.29. The molecule has 1 aliphatic rings. The second-order valence-corrected chi connectivity index (χ2v) is 4.86. The number of hydrogen-bond acceptors (Lipinski definition) is 5. The summed E-state index contributed by atoms with van der Waals surface area (Å²) in [6.07, 6.45) is 2.33. The van der Waals surface area contributed by atoms with Gasteiger partial charge in [-0.1, -0.05) is 0 Å². The standard InChI is InChI=1S/C13H15FN2O5/c14-10-6-11(15-3-4-21-7-8-1-2-8)12(16(19)20)5-9(10)13(17)18/h5-6,8,15H,1-4,7H2,(H,17,18). The molecule has 1 aromatic rings. The number of ether oxygens (including phenoxy) is 1. The van der Waals surface area contributed by atoms with Gasteiger partial charge in [-0.2, -0.15) is 0 Å². The van der Waals surface area contributed by atoms with Crippen molar-refractivity contribution in [2.24, 2.45) is 5.92 Å². The van der Waals surface area contributed by atoms with E-state index in [4.69, 9.17) is 9.84 Å². The molecule has 0 aliphatic heterocycles. The van der Waals surface area contributed by atoms with Gasteiger partial charge in [0.2, 0.25) is 0 Å². The number of halogens is 1. The Morgan fingerprint density at radius 2 is 2.24 bits per heavy atom. The van der Waals surface area contributed by atoms with Gasteiger partial charge >= 0.3 is 5.97 Å². The predicted molar refractivity (Wildman–Crippen MR) is 72.0 cm³/mol. The van der Waals surface area contributed by atoms with Gasteiger partial charge in [-0.25, -0.2) is 9.18 Å². The number of nitrogens with zero attached hydrogens (tertiary/aromatic N) is 1. The molecule has 21 heavy (non-hydrogen) atoms. The second kappa shape index (κ2) is 6.49. The largest absolute Gasteiger partial charge is 0.478 e. The summed E-state index contributed by atoms with van der Waals surface area (Å²) in [4.78, 5) is 20.9. The summed E-state index contributed by atoms with van der Waals surface area (Å²) in [6.45, 7) is 1.28. The Labute approximate surface area is 119 Å². The van der Waals surface area contributed by atoms with Crippen LogP contribution in [0.15, 0.2) is 12.1 Å². The van der Waals surface area contributed by atoms with Gasteiger partial charge in [0.1, 0.15) is 17.1 Å². The van der Waals surface area contributed by atoms with E-state index in [9.17, 15) is 19.3 Å². The number of nitro groups is 1. The molecule has 114 valence electrons. The maximum absolute atomic E-state index is 13.6. The predicted octanol–water partition coefficient (Wildman–Crippen LogP) is 2.27. The van der Waals surface area contributed by atoms with E-state index in [-0.39, 0.29) is 12.2 Å². The lowest BCUT2D eigenvalue weighted by atomic mass is 10.1. The first-order valence-corrected chi connectivity index (χ1v) is 6.52. The van der Waals surface area contributed by atoms with E-state index in [0.717, 1.165) is 6.07 Å². The van der Waals surface area contributed by atoms with E-state index in [1.54, 1.807) is 0 Å². The summed E-state index contributed by atoms with van der Waals surface area (Å²) >= 11 is 0. The molecule has 8 heteroatoms. The molecular formula is C13H15FN2O5. The van der Waals surface area contributed by atoms with Crippen molar-refractivity contribution in [2.75, 3.05) is 25.1 Å². The van der Waals surface area contributed by atoms with Crippen LogP contribution >= 0.6 is 0 Å². The van der Waals surface area contributed by atoms with Crippen LogP contribution in [0.2, 0.25) is 0 Å². The average molecular weight is 298 g/mol. The smallest absolute Gasteiger partial charge is 0.338 e. The van der Waals surface area contributed by atoms with Crippen LogP contribution in [-0.2, 0) is 4.74 Å². The minimum Gasteiger partial charge on any atom is -0.478 e. The van der Waals surface area contributed by atoms with Crippen molar-refractivity contribution >= 4 is 17.3 Å². The van der Waals surface area contributed by atoms with Crippen molar-refractivity contribution in [1.82, 2.24) is 0 Å². The molecule has 0 saturated heterocycles. The van der Waals surface area contributed by atoms with Crippen LogP contribution < -0.4 is 5.32 Å². The first kappa shape index (κ1) is 15.2. The van der Waals surface area contributed by atoms with Crippen molar-refractivity contribution in [3.05, 3.63) is 33.6 Å². The van der Waals surface area contributed by atoms with Gasteiger partial charge in [-0.15, -0.1) is 0 Å². The molecule has 2 N–H and O–H groups in total. The third-order valence-corrected chi connectivity index (χ3v) is 3.12. The highest BCUT2D eigenvalue weighted by atomic mass is 19.1. The number of hydrogen-bond donors (Lipinski definition) is 2. The average Bonchev–Trinajstić information content (AvgIpc) is 3.21. The van der Waals surface area contributed by atoms with Crippen molar-refractivity contribution in [3.63, 3.8) is 0 Å². The van der Waals surface area contributed by atoms with Crippen LogP contribution in [0.4, 0.5) is 15.8 Å². The summed E-state index contributed by atoms with van der Waals surface area (Å²) in [5.74, 6) is -1.95. The first-order chi connectivity index (χ1) is 9.99. The van der Waals surface area contributed by atoms with E-state index in [1.807, 2.05) is 0 Å². The van der Waals surface area contributed by atoms with Gasteiger partial charge in [0, 0.05) is 25.3 Å². The van der Waals surface area contributed by atoms with Gasteiger partial charge in [-0.05, 0) is 18.8 Å². The molecule has 0 amide bonds. The number of carboxylic acids is 1. The van der Waals surface area contributed by atoms with Crippen LogP contribution in [-0.4, -0.2) is 35.8 Å². The number of benzene rings is 1. The summed E-state index contributed by atoms with van der Waals surface area (Å²) in [5, 5.41) is 22.4. The fourth-order valence-corrected chi connectivity index (χ4v) is 1.81. The van der Waals surface area contributed by atoms with Crippen LogP contribution in [0.25, 0.3) is 0 Å². The number of carboxylic acid groups (broad SMARTS) is 1.